The van der Waals surface area contributed by atoms with Gasteiger partial charge >= 0.3 is 12.1 Å². The fourth-order valence-corrected chi connectivity index (χ4v) is 5.82. The number of ether oxygens (including phenoxy) is 1. The smallest absolute Gasteiger partial charge is 0.430 e. The first-order chi connectivity index (χ1) is 20.3. The largest absolute Gasteiger partial charge is 0.542 e. The average Bonchev–Trinajstić information content (AvgIpc) is 2.97. The molecule has 3 aromatic rings. The number of carbonyl (C=O) groups excluding carboxylic acids is 3. The molecular weight excluding hydrogens is 589 g/mol. The minimum absolute atomic E-state index is 0.0900. The lowest BCUT2D eigenvalue weighted by Crippen LogP contribution is -2.66. The van der Waals surface area contributed by atoms with Crippen molar-refractivity contribution in [1.82, 2.24) is 0 Å². The summed E-state index contributed by atoms with van der Waals surface area (Å²) in [5, 5.41) is 24.1. The number of alkyl halides is 3. The van der Waals surface area contributed by atoms with Crippen LogP contribution >= 0.6 is 11.6 Å². The van der Waals surface area contributed by atoms with Gasteiger partial charge in [-0.3, -0.25) is 4.79 Å². The first-order valence-electron chi connectivity index (χ1n) is 13.6. The molecular formula is C31H30ClF3N2O6. The zero-order valence-electron chi connectivity index (χ0n) is 22.9. The molecule has 0 radical (unpaired) electrons. The van der Waals surface area contributed by atoms with E-state index in [0.29, 0.717) is 39.4 Å². The second kappa shape index (κ2) is 13.2. The lowest BCUT2D eigenvalue weighted by Gasteiger charge is -2.51. The molecule has 0 saturated carbocycles. The van der Waals surface area contributed by atoms with Gasteiger partial charge in [0.2, 0.25) is 5.60 Å². The van der Waals surface area contributed by atoms with Crippen LogP contribution in [-0.4, -0.2) is 65.9 Å². The molecule has 3 saturated heterocycles. The van der Waals surface area contributed by atoms with E-state index in [0.717, 1.165) is 25.9 Å². The van der Waals surface area contributed by atoms with Gasteiger partial charge in [-0.05, 0) is 29.3 Å². The monoisotopic (exact) mass is 618 g/mol. The summed E-state index contributed by atoms with van der Waals surface area (Å²) in [5.74, 6) is -3.55. The van der Waals surface area contributed by atoms with Crippen LogP contribution in [0.15, 0.2) is 84.9 Å². The molecule has 3 fully saturated rings. The number of hydrogen-bond donors (Lipinski definition) is 2. The van der Waals surface area contributed by atoms with Gasteiger partial charge in [0.25, 0.3) is 5.91 Å². The van der Waals surface area contributed by atoms with Gasteiger partial charge in [-0.2, -0.15) is 13.2 Å². The van der Waals surface area contributed by atoms with Gasteiger partial charge in [0.1, 0.15) is 12.5 Å². The number of anilines is 1. The number of piperidine rings is 3. The maximum absolute atomic E-state index is 13.6. The van der Waals surface area contributed by atoms with Gasteiger partial charge in [0.15, 0.2) is 12.6 Å². The molecule has 0 aliphatic carbocycles. The molecule has 0 aromatic heterocycles. The first kappa shape index (κ1) is 32.0. The summed E-state index contributed by atoms with van der Waals surface area (Å²) in [7, 11) is 0. The molecule has 3 heterocycles. The van der Waals surface area contributed by atoms with Crippen LogP contribution in [0.4, 0.5) is 18.9 Å². The molecule has 3 aromatic carbocycles. The quantitative estimate of drug-likeness (QED) is 0.309. The Kier molecular flexibility index (Phi) is 9.79. The first-order valence-corrected chi connectivity index (χ1v) is 13.9. The van der Waals surface area contributed by atoms with Crippen molar-refractivity contribution in [3.8, 4) is 0 Å². The van der Waals surface area contributed by atoms with Crippen LogP contribution in [-0.2, 0) is 24.7 Å². The minimum Gasteiger partial charge on any atom is -0.542 e. The third-order valence-electron chi connectivity index (χ3n) is 7.80. The third kappa shape index (κ3) is 7.73. The average molecular weight is 619 g/mol. The number of carbonyl (C=O) groups is 3. The van der Waals surface area contributed by atoms with Crippen molar-refractivity contribution in [3.63, 3.8) is 0 Å². The molecule has 3 aliphatic heterocycles. The molecule has 3 aliphatic rings. The Morgan fingerprint density at radius 2 is 1.47 bits per heavy atom. The number of esters is 1. The number of nitrogens with zero attached hydrogens (tertiary/aromatic N) is 1. The number of quaternary nitrogens is 1. The van der Waals surface area contributed by atoms with Gasteiger partial charge in [0.05, 0.1) is 13.1 Å². The number of rotatable bonds is 7. The number of aliphatic carboxylic acids is 1. The summed E-state index contributed by atoms with van der Waals surface area (Å²) in [6, 6.07) is 24.9. The van der Waals surface area contributed by atoms with Crippen molar-refractivity contribution >= 4 is 35.1 Å². The Hall–Kier alpha value is -3.93. The molecule has 43 heavy (non-hydrogen) atoms. The summed E-state index contributed by atoms with van der Waals surface area (Å²) in [6.07, 6.45) is -3.81. The van der Waals surface area contributed by atoms with Crippen molar-refractivity contribution in [1.29, 1.82) is 0 Å². The molecule has 12 heteroatoms. The van der Waals surface area contributed by atoms with E-state index in [2.05, 4.69) is 5.32 Å². The van der Waals surface area contributed by atoms with E-state index < -0.39 is 23.7 Å². The Balaban J connectivity index is 0.000000541. The zero-order chi connectivity index (χ0) is 31.3. The maximum Gasteiger partial charge on any atom is 0.430 e. The van der Waals surface area contributed by atoms with Crippen LogP contribution in [0.25, 0.3) is 0 Å². The van der Waals surface area contributed by atoms with Crippen LogP contribution in [0.5, 0.6) is 0 Å². The summed E-state index contributed by atoms with van der Waals surface area (Å²) in [5.41, 5.74) is -0.320. The Labute approximate surface area is 251 Å². The molecule has 1 unspecified atom stereocenters. The van der Waals surface area contributed by atoms with E-state index in [9.17, 15) is 27.9 Å². The lowest BCUT2D eigenvalue weighted by molar-refractivity contribution is -0.939. The summed E-state index contributed by atoms with van der Waals surface area (Å²) in [6.45, 7) is 2.58. The number of amides is 1. The number of aliphatic hydroxyl groups is 1. The predicted octanol–water partition coefficient (Wildman–Crippen LogP) is 3.67. The van der Waals surface area contributed by atoms with Crippen LogP contribution in [0.3, 0.4) is 0 Å². The van der Waals surface area contributed by atoms with E-state index in [1.54, 1.807) is 66.7 Å². The number of carboxylic acid groups (broad SMARTS) is 1. The number of hydrogen-bond acceptors (Lipinski definition) is 6. The van der Waals surface area contributed by atoms with Crippen molar-refractivity contribution in [2.24, 2.45) is 5.92 Å². The molecule has 2 bridgehead atoms. The highest BCUT2D eigenvalue weighted by molar-refractivity contribution is 6.30. The second-order valence-electron chi connectivity index (χ2n) is 10.7. The van der Waals surface area contributed by atoms with E-state index in [4.69, 9.17) is 26.2 Å². The number of fused-ring (bicyclic) bond motifs is 3. The lowest BCUT2D eigenvalue weighted by atomic mass is 9.82. The van der Waals surface area contributed by atoms with Crippen LogP contribution in [0, 0.1) is 5.92 Å². The van der Waals surface area contributed by atoms with Gasteiger partial charge in [0, 0.05) is 29.5 Å². The van der Waals surface area contributed by atoms with E-state index in [1.165, 1.54) is 0 Å². The Morgan fingerprint density at radius 3 is 1.95 bits per heavy atom. The van der Waals surface area contributed by atoms with Crippen molar-refractivity contribution in [2.75, 3.05) is 31.5 Å². The standard InChI is InChI=1S/C29H29ClN2O4.C2HF3O2/c30-24-12-7-13-25(18-24)31-27(33)20-32-16-14-21(15-17-32)26(19-32)36-28(34)29(35,22-8-3-1-4-9-22)23-10-5-2-6-11-23;3-2(4,5)1(6)7/h1-13,18,21,26,35H,14-17,19-20H2;(H,6,7). The fourth-order valence-electron chi connectivity index (χ4n) is 5.63. The normalized spacial score (nSPS) is 21.2. The van der Waals surface area contributed by atoms with Crippen LogP contribution in [0.1, 0.15) is 24.0 Å². The SMILES string of the molecule is O=C(C[N+]12CCC(CC1)C(OC(=O)C(O)(c1ccccc1)c1ccccc1)C2)Nc1cccc(Cl)c1.O=C([O-])C(F)(F)F. The molecule has 2 N–H and O–H groups in total. The molecule has 1 atom stereocenters. The molecule has 1 amide bonds. The highest BCUT2D eigenvalue weighted by atomic mass is 35.5. The minimum atomic E-state index is -5.19. The van der Waals surface area contributed by atoms with E-state index >= 15 is 0 Å². The van der Waals surface area contributed by atoms with Crippen molar-refractivity contribution < 1.29 is 47.0 Å². The molecule has 8 nitrogen and oxygen atoms in total. The number of benzene rings is 3. The Morgan fingerprint density at radius 1 is 0.930 bits per heavy atom. The maximum atomic E-state index is 13.6. The topological polar surface area (TPSA) is 116 Å². The number of nitrogens with one attached hydrogen (secondary N) is 1. The van der Waals surface area contributed by atoms with Crippen molar-refractivity contribution in [2.45, 2.75) is 30.7 Å². The highest BCUT2D eigenvalue weighted by Crippen LogP contribution is 2.38. The fraction of sp³-hybridized carbons (Fsp3) is 0.323. The number of carboxylic acids is 1. The molecule has 228 valence electrons. The van der Waals surface area contributed by atoms with Gasteiger partial charge in [-0.25, -0.2) is 4.79 Å². The number of halogens is 4. The van der Waals surface area contributed by atoms with Gasteiger partial charge < -0.3 is 29.5 Å². The third-order valence-corrected chi connectivity index (χ3v) is 8.03. The molecule has 0 spiro atoms. The highest BCUT2D eigenvalue weighted by Gasteiger charge is 2.51. The van der Waals surface area contributed by atoms with Crippen LogP contribution < -0.4 is 10.4 Å². The summed E-state index contributed by atoms with van der Waals surface area (Å²) in [4.78, 5) is 35.3. The predicted molar refractivity (Wildman–Crippen MR) is 149 cm³/mol. The van der Waals surface area contributed by atoms with E-state index in [1.807, 2.05) is 18.2 Å². The molecule has 6 rings (SSSR count). The Bertz CT molecular complexity index is 1390. The second-order valence-corrected chi connectivity index (χ2v) is 11.1. The summed E-state index contributed by atoms with van der Waals surface area (Å²) < 4.78 is 38.2. The zero-order valence-corrected chi connectivity index (χ0v) is 23.7. The van der Waals surface area contributed by atoms with E-state index in [-0.39, 0.29) is 17.9 Å². The van der Waals surface area contributed by atoms with Gasteiger partial charge in [-0.15, -0.1) is 0 Å². The van der Waals surface area contributed by atoms with Crippen LogP contribution in [0.2, 0.25) is 5.02 Å². The van der Waals surface area contributed by atoms with Gasteiger partial charge in [-0.1, -0.05) is 78.3 Å². The summed E-state index contributed by atoms with van der Waals surface area (Å²) >= 11 is 6.05. The van der Waals surface area contributed by atoms with Crippen molar-refractivity contribution in [3.05, 3.63) is 101 Å².